The van der Waals surface area contributed by atoms with Crippen LogP contribution >= 0.6 is 12.2 Å². The normalized spacial score (nSPS) is 10.8. The molecule has 2 heterocycles. The number of aromatic nitrogens is 4. The van der Waals surface area contributed by atoms with E-state index in [0.29, 0.717) is 10.3 Å². The molecule has 1 aromatic carbocycles. The van der Waals surface area contributed by atoms with Crippen molar-refractivity contribution in [3.05, 3.63) is 46.5 Å². The number of H-pyrrole nitrogens is 1. The van der Waals surface area contributed by atoms with Gasteiger partial charge in [0, 0.05) is 12.7 Å². The summed E-state index contributed by atoms with van der Waals surface area (Å²) in [6.07, 6.45) is 3.83. The van der Waals surface area contributed by atoms with Gasteiger partial charge in [-0.1, -0.05) is 0 Å². The molecule has 0 aliphatic heterocycles. The Morgan fingerprint density at radius 3 is 2.95 bits per heavy atom. The number of fused-ring (bicyclic) bond motifs is 1. The number of aryl methyl sites for hydroxylation is 3. The molecule has 0 radical (unpaired) electrons. The molecule has 5 nitrogen and oxygen atoms in total. The zero-order chi connectivity index (χ0) is 14.1. The SMILES string of the molecule is Cc1cnn(CCn2c(=S)[nH]c3ccc(C#N)cc32)c1. The molecule has 0 saturated carbocycles. The summed E-state index contributed by atoms with van der Waals surface area (Å²) in [6.45, 7) is 3.47. The molecule has 0 atom stereocenters. The third-order valence-electron chi connectivity index (χ3n) is 3.22. The highest BCUT2D eigenvalue weighted by Crippen LogP contribution is 2.16. The van der Waals surface area contributed by atoms with Crippen LogP contribution in [0.1, 0.15) is 11.1 Å². The van der Waals surface area contributed by atoms with Crippen LogP contribution in [0, 0.1) is 23.0 Å². The van der Waals surface area contributed by atoms with E-state index in [0.717, 1.165) is 29.7 Å². The molecule has 3 aromatic rings. The predicted octanol–water partition coefficient (Wildman–Crippen LogP) is 2.78. The molecule has 0 amide bonds. The molecular formula is C14H13N5S. The average molecular weight is 283 g/mol. The number of nitriles is 1. The topological polar surface area (TPSA) is 62.3 Å². The van der Waals surface area contributed by atoms with Crippen LogP contribution in [-0.4, -0.2) is 19.3 Å². The molecule has 1 N–H and O–H groups in total. The van der Waals surface area contributed by atoms with Gasteiger partial charge in [-0.2, -0.15) is 10.4 Å². The number of hydrogen-bond acceptors (Lipinski definition) is 3. The Hall–Kier alpha value is -2.39. The number of benzene rings is 1. The molecule has 2 aromatic heterocycles. The quantitative estimate of drug-likeness (QED) is 0.752. The lowest BCUT2D eigenvalue weighted by Crippen LogP contribution is -2.07. The van der Waals surface area contributed by atoms with Gasteiger partial charge in [0.15, 0.2) is 4.77 Å². The number of aromatic amines is 1. The van der Waals surface area contributed by atoms with Gasteiger partial charge in [-0.25, -0.2) is 0 Å². The van der Waals surface area contributed by atoms with Crippen molar-refractivity contribution in [2.75, 3.05) is 0 Å². The fourth-order valence-electron chi connectivity index (χ4n) is 2.24. The maximum Gasteiger partial charge on any atom is 0.178 e. The molecule has 0 bridgehead atoms. The van der Waals surface area contributed by atoms with Crippen LogP contribution in [0.4, 0.5) is 0 Å². The molecule has 0 aliphatic carbocycles. The molecule has 0 spiro atoms. The Balaban J connectivity index is 1.96. The molecule has 0 aliphatic rings. The Morgan fingerprint density at radius 1 is 1.40 bits per heavy atom. The Bertz CT molecular complexity index is 862. The van der Waals surface area contributed by atoms with Gasteiger partial charge in [0.1, 0.15) is 0 Å². The van der Waals surface area contributed by atoms with Crippen molar-refractivity contribution in [3.63, 3.8) is 0 Å². The molecule has 3 rings (SSSR count). The minimum Gasteiger partial charge on any atom is -0.331 e. The third kappa shape index (κ3) is 2.24. The van der Waals surface area contributed by atoms with Crippen molar-refractivity contribution in [1.82, 2.24) is 19.3 Å². The van der Waals surface area contributed by atoms with Gasteiger partial charge in [-0.3, -0.25) is 4.68 Å². The Labute approximate surface area is 121 Å². The summed E-state index contributed by atoms with van der Waals surface area (Å²) in [6, 6.07) is 7.68. The van der Waals surface area contributed by atoms with E-state index in [1.165, 1.54) is 0 Å². The first kappa shape index (κ1) is 12.6. The van der Waals surface area contributed by atoms with E-state index >= 15 is 0 Å². The summed E-state index contributed by atoms with van der Waals surface area (Å²) in [5.74, 6) is 0. The van der Waals surface area contributed by atoms with Crippen LogP contribution in [0.3, 0.4) is 0 Å². The monoisotopic (exact) mass is 283 g/mol. The van der Waals surface area contributed by atoms with E-state index < -0.39 is 0 Å². The first-order valence-corrected chi connectivity index (χ1v) is 6.70. The lowest BCUT2D eigenvalue weighted by molar-refractivity contribution is 0.537. The van der Waals surface area contributed by atoms with Crippen LogP contribution in [0.5, 0.6) is 0 Å². The molecule has 20 heavy (non-hydrogen) atoms. The Kier molecular flexibility index (Phi) is 3.12. The van der Waals surface area contributed by atoms with Gasteiger partial charge in [-0.15, -0.1) is 0 Å². The first-order chi connectivity index (χ1) is 9.67. The van der Waals surface area contributed by atoms with Crippen LogP contribution < -0.4 is 0 Å². The van der Waals surface area contributed by atoms with Crippen LogP contribution in [0.25, 0.3) is 11.0 Å². The van der Waals surface area contributed by atoms with E-state index in [9.17, 15) is 0 Å². The first-order valence-electron chi connectivity index (χ1n) is 6.29. The van der Waals surface area contributed by atoms with E-state index in [4.69, 9.17) is 17.5 Å². The van der Waals surface area contributed by atoms with E-state index in [-0.39, 0.29) is 0 Å². The second-order valence-electron chi connectivity index (χ2n) is 4.71. The van der Waals surface area contributed by atoms with Gasteiger partial charge < -0.3 is 9.55 Å². The standard InChI is InChI=1S/C14H13N5S/c1-10-8-16-18(9-10)4-5-19-13-6-11(7-15)2-3-12(13)17-14(19)20/h2-3,6,8-9H,4-5H2,1H3,(H,17,20). The zero-order valence-electron chi connectivity index (χ0n) is 11.0. The minimum atomic E-state index is 0.634. The highest BCUT2D eigenvalue weighted by molar-refractivity contribution is 7.71. The summed E-state index contributed by atoms with van der Waals surface area (Å²) in [5, 5.41) is 13.3. The van der Waals surface area contributed by atoms with Gasteiger partial charge in [0.25, 0.3) is 0 Å². The number of nitrogens with one attached hydrogen (secondary N) is 1. The summed E-state index contributed by atoms with van der Waals surface area (Å²) in [4.78, 5) is 3.16. The van der Waals surface area contributed by atoms with Crippen molar-refractivity contribution in [2.45, 2.75) is 20.0 Å². The summed E-state index contributed by atoms with van der Waals surface area (Å²) in [5.41, 5.74) is 3.68. The Morgan fingerprint density at radius 2 is 2.25 bits per heavy atom. The summed E-state index contributed by atoms with van der Waals surface area (Å²) in [7, 11) is 0. The number of nitrogens with zero attached hydrogens (tertiary/aromatic N) is 4. The number of hydrogen-bond donors (Lipinski definition) is 1. The van der Waals surface area contributed by atoms with Gasteiger partial charge in [0.2, 0.25) is 0 Å². The molecular weight excluding hydrogens is 270 g/mol. The molecule has 0 fully saturated rings. The van der Waals surface area contributed by atoms with E-state index in [2.05, 4.69) is 16.2 Å². The van der Waals surface area contributed by atoms with Gasteiger partial charge in [-0.05, 0) is 42.9 Å². The lowest BCUT2D eigenvalue weighted by atomic mass is 10.2. The zero-order valence-corrected chi connectivity index (χ0v) is 11.8. The maximum absolute atomic E-state index is 9.00. The van der Waals surface area contributed by atoms with Crippen molar-refractivity contribution in [1.29, 1.82) is 5.26 Å². The largest absolute Gasteiger partial charge is 0.331 e. The van der Waals surface area contributed by atoms with Crippen molar-refractivity contribution < 1.29 is 0 Å². The second-order valence-corrected chi connectivity index (χ2v) is 5.09. The van der Waals surface area contributed by atoms with E-state index in [1.54, 1.807) is 6.07 Å². The van der Waals surface area contributed by atoms with Crippen molar-refractivity contribution >= 4 is 23.3 Å². The second kappa shape index (κ2) is 4.94. The van der Waals surface area contributed by atoms with Crippen molar-refractivity contribution in [3.8, 4) is 6.07 Å². The lowest BCUT2D eigenvalue weighted by Gasteiger charge is -2.05. The predicted molar refractivity (Wildman–Crippen MR) is 78.8 cm³/mol. The molecule has 0 unspecified atom stereocenters. The third-order valence-corrected chi connectivity index (χ3v) is 3.54. The average Bonchev–Trinajstić information content (AvgIpc) is 2.98. The fraction of sp³-hybridized carbons (Fsp3) is 0.214. The molecule has 6 heteroatoms. The summed E-state index contributed by atoms with van der Waals surface area (Å²) < 4.78 is 4.56. The van der Waals surface area contributed by atoms with Gasteiger partial charge in [0.05, 0.1) is 35.4 Å². The van der Waals surface area contributed by atoms with Crippen molar-refractivity contribution in [2.24, 2.45) is 0 Å². The maximum atomic E-state index is 9.00. The van der Waals surface area contributed by atoms with Crippen LogP contribution in [0.15, 0.2) is 30.6 Å². The van der Waals surface area contributed by atoms with E-state index in [1.807, 2.05) is 40.7 Å². The highest BCUT2D eigenvalue weighted by Gasteiger charge is 2.06. The fourth-order valence-corrected chi connectivity index (χ4v) is 2.54. The van der Waals surface area contributed by atoms with Gasteiger partial charge >= 0.3 is 0 Å². The smallest absolute Gasteiger partial charge is 0.178 e. The minimum absolute atomic E-state index is 0.634. The van der Waals surface area contributed by atoms with Crippen LogP contribution in [-0.2, 0) is 13.1 Å². The summed E-state index contributed by atoms with van der Waals surface area (Å²) >= 11 is 5.35. The molecule has 100 valence electrons. The molecule has 0 saturated heterocycles. The number of rotatable bonds is 3. The number of imidazole rings is 1. The van der Waals surface area contributed by atoms with Crippen LogP contribution in [0.2, 0.25) is 0 Å². The highest BCUT2D eigenvalue weighted by atomic mass is 32.1.